The summed E-state index contributed by atoms with van der Waals surface area (Å²) < 4.78 is 0. The number of piperidine rings is 1. The molecule has 5 heteroatoms. The molecule has 2 amide bonds. The van der Waals surface area contributed by atoms with Gasteiger partial charge in [-0.15, -0.1) is 0 Å². The van der Waals surface area contributed by atoms with Crippen LogP contribution < -0.4 is 0 Å². The molecule has 0 spiro atoms. The molecule has 2 aliphatic heterocycles. The predicted octanol–water partition coefficient (Wildman–Crippen LogP) is 0.555. The van der Waals surface area contributed by atoms with Gasteiger partial charge in [0.1, 0.15) is 0 Å². The van der Waals surface area contributed by atoms with Crippen molar-refractivity contribution in [1.29, 1.82) is 0 Å². The van der Waals surface area contributed by atoms with Gasteiger partial charge in [0, 0.05) is 39.3 Å². The fourth-order valence-corrected chi connectivity index (χ4v) is 3.08. The molecule has 0 aliphatic carbocycles. The lowest BCUT2D eigenvalue weighted by molar-refractivity contribution is -0.132. The van der Waals surface area contributed by atoms with Gasteiger partial charge in [-0.05, 0) is 38.5 Å². The van der Waals surface area contributed by atoms with Crippen molar-refractivity contribution in [2.75, 3.05) is 39.8 Å². The van der Waals surface area contributed by atoms with Crippen LogP contribution in [-0.4, -0.2) is 72.3 Å². The average molecular weight is 291 g/mol. The monoisotopic (exact) mass is 291 g/mol. The molecular weight excluding hydrogens is 266 g/mol. The van der Waals surface area contributed by atoms with Gasteiger partial charge in [0.05, 0.1) is 6.54 Å². The Hall–Kier alpha value is -1.54. The summed E-state index contributed by atoms with van der Waals surface area (Å²) >= 11 is 0. The van der Waals surface area contributed by atoms with E-state index in [2.05, 4.69) is 16.7 Å². The third-order valence-corrected chi connectivity index (χ3v) is 4.47. The van der Waals surface area contributed by atoms with Gasteiger partial charge in [-0.2, -0.15) is 0 Å². The van der Waals surface area contributed by atoms with Crippen LogP contribution in [-0.2, 0) is 9.59 Å². The molecule has 0 atom stereocenters. The third-order valence-electron chi connectivity index (χ3n) is 4.47. The van der Waals surface area contributed by atoms with Crippen molar-refractivity contribution in [3.8, 4) is 11.8 Å². The molecular formula is C16H25N3O2. The van der Waals surface area contributed by atoms with Gasteiger partial charge in [-0.3, -0.25) is 14.5 Å². The Balaban J connectivity index is 1.76. The van der Waals surface area contributed by atoms with Crippen LogP contribution in [0.1, 0.15) is 32.6 Å². The maximum Gasteiger partial charge on any atom is 0.298 e. The Morgan fingerprint density at radius 3 is 2.33 bits per heavy atom. The number of hydrogen-bond acceptors (Lipinski definition) is 3. The van der Waals surface area contributed by atoms with Crippen LogP contribution in [0.15, 0.2) is 0 Å². The zero-order valence-corrected chi connectivity index (χ0v) is 13.1. The molecule has 0 unspecified atom stereocenters. The summed E-state index contributed by atoms with van der Waals surface area (Å²) in [5.74, 6) is 5.39. The highest BCUT2D eigenvalue weighted by atomic mass is 16.2. The molecule has 0 bridgehead atoms. The summed E-state index contributed by atoms with van der Waals surface area (Å²) in [5.41, 5.74) is 0. The maximum atomic E-state index is 12.1. The minimum Gasteiger partial charge on any atom is -0.342 e. The van der Waals surface area contributed by atoms with E-state index in [1.54, 1.807) is 11.8 Å². The molecule has 0 saturated carbocycles. The van der Waals surface area contributed by atoms with Gasteiger partial charge >= 0.3 is 0 Å². The molecule has 21 heavy (non-hydrogen) atoms. The number of carbonyl (C=O) groups excluding carboxylic acids is 2. The summed E-state index contributed by atoms with van der Waals surface area (Å²) in [6.07, 6.45) is 4.11. The molecule has 2 heterocycles. The zero-order chi connectivity index (χ0) is 15.2. The SMILES string of the molecule is CC#CC(=O)N(C)C1CCN(CC(=O)N2CCCC2)CC1. The maximum absolute atomic E-state index is 12.1. The van der Waals surface area contributed by atoms with E-state index >= 15 is 0 Å². The molecule has 0 aromatic rings. The predicted molar refractivity (Wildman–Crippen MR) is 81.5 cm³/mol. The smallest absolute Gasteiger partial charge is 0.298 e. The first-order valence-corrected chi connectivity index (χ1v) is 7.81. The van der Waals surface area contributed by atoms with E-state index in [1.165, 1.54) is 0 Å². The molecule has 2 fully saturated rings. The van der Waals surface area contributed by atoms with Gasteiger partial charge in [0.25, 0.3) is 5.91 Å². The van der Waals surface area contributed by atoms with Crippen molar-refractivity contribution in [2.45, 2.75) is 38.6 Å². The molecule has 0 radical (unpaired) electrons. The number of nitrogens with zero attached hydrogens (tertiary/aromatic N) is 3. The second-order valence-electron chi connectivity index (χ2n) is 5.89. The first kappa shape index (κ1) is 15.8. The van der Waals surface area contributed by atoms with Gasteiger partial charge in [-0.1, -0.05) is 5.92 Å². The van der Waals surface area contributed by atoms with Crippen LogP contribution in [0.2, 0.25) is 0 Å². The lowest BCUT2D eigenvalue weighted by atomic mass is 10.0. The van der Waals surface area contributed by atoms with Crippen molar-refractivity contribution >= 4 is 11.8 Å². The van der Waals surface area contributed by atoms with E-state index in [0.29, 0.717) is 6.54 Å². The first-order valence-electron chi connectivity index (χ1n) is 7.81. The van der Waals surface area contributed by atoms with Crippen molar-refractivity contribution in [2.24, 2.45) is 0 Å². The standard InChI is InChI=1S/C16H25N3O2/c1-3-6-15(20)17(2)14-7-11-18(12-8-14)13-16(21)19-9-4-5-10-19/h14H,4-5,7-13H2,1-2H3. The summed E-state index contributed by atoms with van der Waals surface area (Å²) in [6.45, 7) is 5.80. The summed E-state index contributed by atoms with van der Waals surface area (Å²) in [4.78, 5) is 29.8. The van der Waals surface area contributed by atoms with Crippen LogP contribution in [0.3, 0.4) is 0 Å². The fourth-order valence-electron chi connectivity index (χ4n) is 3.08. The van der Waals surface area contributed by atoms with Crippen LogP contribution in [0.4, 0.5) is 0 Å². The number of amides is 2. The van der Waals surface area contributed by atoms with E-state index in [4.69, 9.17) is 0 Å². The lowest BCUT2D eigenvalue weighted by Crippen LogP contribution is -2.48. The Morgan fingerprint density at radius 1 is 1.14 bits per heavy atom. The molecule has 2 rings (SSSR count). The van der Waals surface area contributed by atoms with Crippen LogP contribution in [0.5, 0.6) is 0 Å². The number of rotatable bonds is 3. The molecule has 0 aromatic heterocycles. The zero-order valence-electron chi connectivity index (χ0n) is 13.1. The Kier molecular flexibility index (Phi) is 5.63. The quantitative estimate of drug-likeness (QED) is 0.714. The minimum atomic E-state index is -0.107. The highest BCUT2D eigenvalue weighted by Crippen LogP contribution is 2.16. The molecule has 116 valence electrons. The number of hydrogen-bond donors (Lipinski definition) is 0. The van der Waals surface area contributed by atoms with E-state index in [1.807, 2.05) is 11.9 Å². The van der Waals surface area contributed by atoms with Crippen LogP contribution in [0, 0.1) is 11.8 Å². The molecule has 0 N–H and O–H groups in total. The van der Waals surface area contributed by atoms with Gasteiger partial charge in [0.15, 0.2) is 0 Å². The second-order valence-corrected chi connectivity index (χ2v) is 5.89. The molecule has 0 aromatic carbocycles. The largest absolute Gasteiger partial charge is 0.342 e. The normalized spacial score (nSPS) is 20.0. The highest BCUT2D eigenvalue weighted by molar-refractivity contribution is 5.93. The van der Waals surface area contributed by atoms with E-state index in [-0.39, 0.29) is 17.9 Å². The molecule has 2 aliphatic rings. The Morgan fingerprint density at radius 2 is 1.76 bits per heavy atom. The van der Waals surface area contributed by atoms with Gasteiger partial charge in [-0.25, -0.2) is 0 Å². The average Bonchev–Trinajstić information content (AvgIpc) is 3.02. The van der Waals surface area contributed by atoms with Crippen molar-refractivity contribution in [3.63, 3.8) is 0 Å². The first-order chi connectivity index (χ1) is 10.1. The van der Waals surface area contributed by atoms with E-state index in [0.717, 1.165) is 51.9 Å². The highest BCUT2D eigenvalue weighted by Gasteiger charge is 2.27. The lowest BCUT2D eigenvalue weighted by Gasteiger charge is -2.36. The number of carbonyl (C=O) groups is 2. The van der Waals surface area contributed by atoms with Gasteiger partial charge < -0.3 is 9.80 Å². The van der Waals surface area contributed by atoms with E-state index in [9.17, 15) is 9.59 Å². The fraction of sp³-hybridized carbons (Fsp3) is 0.750. The minimum absolute atomic E-state index is 0.107. The van der Waals surface area contributed by atoms with Crippen LogP contribution in [0.25, 0.3) is 0 Å². The van der Waals surface area contributed by atoms with E-state index < -0.39 is 0 Å². The summed E-state index contributed by atoms with van der Waals surface area (Å²) in [5, 5.41) is 0. The Bertz CT molecular complexity index is 438. The van der Waals surface area contributed by atoms with Crippen molar-refractivity contribution < 1.29 is 9.59 Å². The summed E-state index contributed by atoms with van der Waals surface area (Å²) in [6, 6.07) is 0.247. The number of likely N-dealkylation sites (tertiary alicyclic amines) is 2. The van der Waals surface area contributed by atoms with Gasteiger partial charge in [0.2, 0.25) is 5.91 Å². The summed E-state index contributed by atoms with van der Waals surface area (Å²) in [7, 11) is 1.82. The molecule has 2 saturated heterocycles. The van der Waals surface area contributed by atoms with Crippen molar-refractivity contribution in [3.05, 3.63) is 0 Å². The van der Waals surface area contributed by atoms with Crippen molar-refractivity contribution in [1.82, 2.24) is 14.7 Å². The Labute approximate surface area is 127 Å². The third kappa shape index (κ3) is 4.21. The second kappa shape index (κ2) is 7.46. The van der Waals surface area contributed by atoms with Crippen LogP contribution >= 0.6 is 0 Å². The molecule has 5 nitrogen and oxygen atoms in total. The topological polar surface area (TPSA) is 43.9 Å².